The summed E-state index contributed by atoms with van der Waals surface area (Å²) < 4.78 is 16.9. The van der Waals surface area contributed by atoms with E-state index in [1.165, 1.54) is 0 Å². The second-order valence-electron chi connectivity index (χ2n) is 0.846. The van der Waals surface area contributed by atoms with E-state index in [0.29, 0.717) is 0 Å². The van der Waals surface area contributed by atoms with Crippen molar-refractivity contribution in [1.82, 2.24) is 0 Å². The Bertz CT molecular complexity index is 167. The Balaban J connectivity index is -0.0000000107. The second-order valence-corrected chi connectivity index (χ2v) is 1.04. The van der Waals surface area contributed by atoms with Crippen molar-refractivity contribution in [3.8, 4) is 0 Å². The zero-order valence-electron chi connectivity index (χ0n) is 10.1. The Hall–Kier alpha value is 1.30. The zero-order chi connectivity index (χ0) is 13.4. The van der Waals surface area contributed by atoms with E-state index in [1.807, 2.05) is 0 Å². The van der Waals surface area contributed by atoms with Gasteiger partial charge in [0.05, 0.1) is 0 Å². The van der Waals surface area contributed by atoms with Gasteiger partial charge in [-0.25, -0.2) is 0 Å². The quantitative estimate of drug-likeness (QED) is 0.361. The van der Waals surface area contributed by atoms with Crippen LogP contribution in [0.15, 0.2) is 0 Å². The Morgan fingerprint density at radius 3 is 0.650 bits per heavy atom. The van der Waals surface area contributed by atoms with Crippen LogP contribution in [0.2, 0.25) is 0 Å². The monoisotopic (exact) mass is 374 g/mol. The van der Waals surface area contributed by atoms with Crippen molar-refractivity contribution in [3.63, 3.8) is 0 Å². The van der Waals surface area contributed by atoms with Gasteiger partial charge in [0.25, 0.3) is 0 Å². The summed E-state index contributed by atoms with van der Waals surface area (Å²) in [5, 5.41) is 50.0. The number of carboxylic acid groups (broad SMARTS) is 6. The normalized spacial score (nSPS) is 4.00. The Labute approximate surface area is 190 Å². The molecule has 0 bridgehead atoms. The van der Waals surface area contributed by atoms with Gasteiger partial charge in [-0.15, -0.1) is 0 Å². The van der Waals surface area contributed by atoms with Crippen molar-refractivity contribution < 1.29 is 125 Å². The van der Waals surface area contributed by atoms with E-state index in [1.54, 1.807) is 0 Å². The summed E-state index contributed by atoms with van der Waals surface area (Å²) in [7, 11) is 0. The summed E-state index contributed by atoms with van der Waals surface area (Å²) in [6, 6.07) is 0. The van der Waals surface area contributed by atoms with E-state index < -0.39 is 34.0 Å². The van der Waals surface area contributed by atoms with Crippen LogP contribution in [-0.2, 0) is 3.80 Å². The minimum absolute atomic E-state index is 0. The van der Waals surface area contributed by atoms with E-state index in [4.69, 9.17) is 53.0 Å². The first-order valence-corrected chi connectivity index (χ1v) is 3.25. The fourth-order valence-corrected chi connectivity index (χ4v) is 0. The van der Waals surface area contributed by atoms with Crippen LogP contribution in [0, 0.1) is 0 Å². The van der Waals surface area contributed by atoms with Crippen LogP contribution >= 0.6 is 0 Å². The van der Waals surface area contributed by atoms with Gasteiger partial charge in [-0.3, -0.25) is 0 Å². The summed E-state index contributed by atoms with van der Waals surface area (Å²) in [6.45, 7) is 0. The molecule has 0 aromatic carbocycles. The van der Waals surface area contributed by atoms with Crippen LogP contribution < -0.4 is 106 Å². The number of hydrogen-bond donors (Lipinski definition) is 0. The molecule has 0 fully saturated rings. The average molecular weight is 374 g/mol. The molecule has 0 atom stereocenters. The third kappa shape index (κ3) is 3840. The van der Waals surface area contributed by atoms with Crippen molar-refractivity contribution in [3.05, 3.63) is 0 Å². The number of rotatable bonds is 0. The first kappa shape index (κ1) is 58.0. The average Bonchev–Trinajstić information content (AvgIpc) is 1.81. The zero-order valence-corrected chi connectivity index (χ0v) is 18.3. The molecular weight excluding hydrogens is 374 g/mol. The molecule has 0 N–H and O–H groups in total. The predicted octanol–water partition coefficient (Wildman–Crippen LogP) is -18.8. The standard InChI is InChI=1S/3CH2O3.3Al.ClH.2Na.2O/c3*2-1(3)4;;;;;;;;/h3*(H2,2,3,4);;;;1H;;;;/q;;;;2*+3;;2*+1;;-1/p-7. The van der Waals surface area contributed by atoms with Gasteiger partial charge >= 0.3 is 117 Å². The van der Waals surface area contributed by atoms with Crippen LogP contribution in [0.25, 0.3) is 0 Å². The summed E-state index contributed by atoms with van der Waals surface area (Å²) in [6.07, 6.45) is -7.00. The van der Waals surface area contributed by atoms with Gasteiger partial charge < -0.3 is 57.4 Å². The molecule has 0 aromatic heterocycles. The van der Waals surface area contributed by atoms with Crippen LogP contribution in [-0.4, -0.2) is 68.7 Å². The molecule has 11 nitrogen and oxygen atoms in total. The molecule has 0 spiro atoms. The van der Waals surface area contributed by atoms with Crippen molar-refractivity contribution in [2.45, 2.75) is 0 Å². The minimum atomic E-state index is -2.33. The van der Waals surface area contributed by atoms with Gasteiger partial charge in [0.2, 0.25) is 0 Å². The van der Waals surface area contributed by atoms with Crippen LogP contribution in [0.4, 0.5) is 14.4 Å². The van der Waals surface area contributed by atoms with Gasteiger partial charge in [0.1, 0.15) is 0 Å². The van der Waals surface area contributed by atoms with E-state index >= 15 is 0 Å². The van der Waals surface area contributed by atoms with E-state index in [0.717, 1.165) is 0 Å². The first-order valence-electron chi connectivity index (χ1n) is 2.31. The summed E-state index contributed by atoms with van der Waals surface area (Å²) in [5.41, 5.74) is 0. The molecule has 0 heterocycles. The van der Waals surface area contributed by atoms with E-state index in [2.05, 4.69) is 0 Å². The van der Waals surface area contributed by atoms with Crippen LogP contribution in [0.3, 0.4) is 0 Å². The van der Waals surface area contributed by atoms with Gasteiger partial charge in [-0.1, -0.05) is 0 Å². The molecule has 0 rings (SSSR count). The molecule has 0 aliphatic carbocycles. The van der Waals surface area contributed by atoms with Crippen LogP contribution in [0.5, 0.6) is 0 Å². The molecule has 96 valence electrons. The maximum absolute atomic E-state index is 8.46. The molecule has 17 heteroatoms. The van der Waals surface area contributed by atoms with E-state index in [9.17, 15) is 0 Å². The second kappa shape index (κ2) is 59.2. The molecule has 0 saturated heterocycles. The van der Waals surface area contributed by atoms with Gasteiger partial charge in [-0.2, -0.15) is 0 Å². The summed E-state index contributed by atoms with van der Waals surface area (Å²) >= 11 is -1.75. The topological polar surface area (TPSA) is 230 Å². The molecule has 20 heavy (non-hydrogen) atoms. The molecule has 0 saturated carbocycles. The van der Waals surface area contributed by atoms with Crippen molar-refractivity contribution >= 4 is 68.7 Å². The summed E-state index contributed by atoms with van der Waals surface area (Å²) in [5.74, 6) is 0. The molecule has 0 aromatic rings. The third-order valence-electron chi connectivity index (χ3n) is 0. The molecule has 0 unspecified atom stereocenters. The Morgan fingerprint density at radius 2 is 0.650 bits per heavy atom. The fraction of sp³-hybridized carbons (Fsp3) is 0. The molecule has 0 radical (unpaired) electrons. The van der Waals surface area contributed by atoms with Crippen molar-refractivity contribution in [2.24, 2.45) is 0 Å². The summed E-state index contributed by atoms with van der Waals surface area (Å²) in [4.78, 5) is 25.0. The van der Waals surface area contributed by atoms with Gasteiger partial charge in [0, 0.05) is 0 Å². The molecule has 0 amide bonds. The number of hydrogen-bond acceptors (Lipinski definition) is 11. The predicted molar refractivity (Wildman–Crippen MR) is 34.1 cm³/mol. The third-order valence-corrected chi connectivity index (χ3v) is 0. The van der Waals surface area contributed by atoms with Crippen molar-refractivity contribution in [2.75, 3.05) is 0 Å². The van der Waals surface area contributed by atoms with Gasteiger partial charge in [0.15, 0.2) is 0 Å². The first-order chi connectivity index (χ1) is 6.61. The van der Waals surface area contributed by atoms with Crippen LogP contribution in [0.1, 0.15) is 0 Å². The Kier molecular flexibility index (Phi) is 172. The number of carbonyl (C=O) groups excluding carboxylic acids is 3. The van der Waals surface area contributed by atoms with E-state index in [-0.39, 0.29) is 106 Å². The van der Waals surface area contributed by atoms with Gasteiger partial charge in [-0.05, 0) is 18.5 Å². The molecule has 0 aliphatic rings. The molecular formula is C3Al3ClNa2O11. The number of halogens is 1. The maximum atomic E-state index is 8.46. The van der Waals surface area contributed by atoms with Crippen molar-refractivity contribution in [1.29, 1.82) is 0 Å². The number of carbonyl (C=O) groups is 3. The fourth-order valence-electron chi connectivity index (χ4n) is 0. The SMILES string of the molecule is O=C([O-])[O-].O=C([O-])[O-].O=C([O-])[O-].[Al+3].[Al+3].[Cl-].[Na+].[Na+].[O]=[Al][O-]. The molecule has 0 aliphatic heterocycles. The Morgan fingerprint density at radius 1 is 0.650 bits per heavy atom.